The maximum Gasteiger partial charge on any atom is 0.308 e. The average Bonchev–Trinajstić information content (AvgIpc) is 2.37. The maximum absolute atomic E-state index is 11.2. The topological polar surface area (TPSA) is 52.6 Å². The Balaban J connectivity index is 2.47. The van der Waals surface area contributed by atoms with E-state index in [1.807, 2.05) is 0 Å². The highest BCUT2D eigenvalue weighted by molar-refractivity contribution is 6.33. The van der Waals surface area contributed by atoms with Crippen molar-refractivity contribution in [2.45, 2.75) is 13.3 Å². The first-order chi connectivity index (χ1) is 8.58. The molecule has 18 heavy (non-hydrogen) atoms. The Morgan fingerprint density at radius 1 is 1.50 bits per heavy atom. The van der Waals surface area contributed by atoms with Crippen LogP contribution in [0.4, 0.5) is 0 Å². The summed E-state index contributed by atoms with van der Waals surface area (Å²) in [6.45, 7) is 2.16. The van der Waals surface area contributed by atoms with Crippen molar-refractivity contribution in [3.8, 4) is 5.75 Å². The minimum Gasteiger partial charge on any atom is -0.494 e. The largest absolute Gasteiger partial charge is 0.494 e. The van der Waals surface area contributed by atoms with Crippen molar-refractivity contribution in [3.63, 3.8) is 0 Å². The molecular weight excluding hydrogens is 256 g/mol. The van der Waals surface area contributed by atoms with Crippen molar-refractivity contribution >= 4 is 23.9 Å². The van der Waals surface area contributed by atoms with E-state index in [1.54, 1.807) is 25.1 Å². The number of halogens is 1. The fraction of sp³-hybridized carbons (Fsp3) is 0.385. The van der Waals surface area contributed by atoms with Crippen molar-refractivity contribution in [2.75, 3.05) is 13.7 Å². The Bertz CT molecular complexity index is 431. The lowest BCUT2D eigenvalue weighted by atomic mass is 10.1. The van der Waals surface area contributed by atoms with Gasteiger partial charge in [-0.15, -0.1) is 0 Å². The average molecular weight is 271 g/mol. The van der Waals surface area contributed by atoms with E-state index >= 15 is 0 Å². The number of aldehydes is 1. The predicted molar refractivity (Wildman–Crippen MR) is 68.1 cm³/mol. The van der Waals surface area contributed by atoms with Crippen molar-refractivity contribution in [1.29, 1.82) is 0 Å². The number of carbonyl (C=O) groups excluding carboxylic acids is 2. The van der Waals surface area contributed by atoms with E-state index in [9.17, 15) is 9.59 Å². The first-order valence-electron chi connectivity index (χ1n) is 5.53. The standard InChI is InChI=1S/C13H15ClO4/c1-9(13(16)17-2)5-6-18-11-4-3-10(8-15)12(14)7-11/h3-4,7-9H,5-6H2,1-2H3. The summed E-state index contributed by atoms with van der Waals surface area (Å²) < 4.78 is 10.1. The first kappa shape index (κ1) is 14.5. The molecule has 0 N–H and O–H groups in total. The van der Waals surface area contributed by atoms with Crippen LogP contribution < -0.4 is 4.74 Å². The molecule has 0 aromatic heterocycles. The van der Waals surface area contributed by atoms with Crippen LogP contribution in [-0.4, -0.2) is 26.0 Å². The highest BCUT2D eigenvalue weighted by Gasteiger charge is 2.12. The summed E-state index contributed by atoms with van der Waals surface area (Å²) in [7, 11) is 1.36. The minimum absolute atomic E-state index is 0.209. The predicted octanol–water partition coefficient (Wildman–Crippen LogP) is 2.73. The summed E-state index contributed by atoms with van der Waals surface area (Å²) in [4.78, 5) is 21.7. The van der Waals surface area contributed by atoms with Gasteiger partial charge in [-0.05, 0) is 24.6 Å². The normalized spacial score (nSPS) is 11.7. The monoisotopic (exact) mass is 270 g/mol. The molecule has 1 aromatic rings. The molecule has 0 radical (unpaired) electrons. The van der Waals surface area contributed by atoms with Crippen LogP contribution in [-0.2, 0) is 9.53 Å². The van der Waals surface area contributed by atoms with Crippen molar-refractivity contribution in [1.82, 2.24) is 0 Å². The number of rotatable bonds is 6. The summed E-state index contributed by atoms with van der Waals surface area (Å²) >= 11 is 5.86. The molecule has 0 fully saturated rings. The van der Waals surface area contributed by atoms with E-state index in [0.717, 1.165) is 0 Å². The lowest BCUT2D eigenvalue weighted by molar-refractivity contribution is -0.145. The van der Waals surface area contributed by atoms with E-state index in [0.29, 0.717) is 35.6 Å². The Hall–Kier alpha value is -1.55. The Morgan fingerprint density at radius 2 is 2.22 bits per heavy atom. The molecule has 0 saturated carbocycles. The number of benzene rings is 1. The molecule has 1 rings (SSSR count). The number of hydrogen-bond acceptors (Lipinski definition) is 4. The van der Waals surface area contributed by atoms with Gasteiger partial charge in [0.05, 0.1) is 24.7 Å². The van der Waals surface area contributed by atoms with Gasteiger partial charge in [0.25, 0.3) is 0 Å². The van der Waals surface area contributed by atoms with E-state index in [2.05, 4.69) is 4.74 Å². The lowest BCUT2D eigenvalue weighted by Crippen LogP contribution is -2.15. The van der Waals surface area contributed by atoms with Gasteiger partial charge < -0.3 is 9.47 Å². The fourth-order valence-electron chi connectivity index (χ4n) is 1.37. The molecule has 0 aliphatic carbocycles. The van der Waals surface area contributed by atoms with Gasteiger partial charge in [-0.1, -0.05) is 18.5 Å². The summed E-state index contributed by atoms with van der Waals surface area (Å²) in [5, 5.41) is 0.350. The second-order valence-corrected chi connectivity index (χ2v) is 4.27. The zero-order valence-corrected chi connectivity index (χ0v) is 11.1. The van der Waals surface area contributed by atoms with Crippen molar-refractivity contribution < 1.29 is 19.1 Å². The Labute approximate surface area is 111 Å². The molecule has 98 valence electrons. The fourth-order valence-corrected chi connectivity index (χ4v) is 1.58. The molecule has 0 amide bonds. The van der Waals surface area contributed by atoms with Crippen LogP contribution in [0.2, 0.25) is 5.02 Å². The van der Waals surface area contributed by atoms with Crippen LogP contribution in [0.1, 0.15) is 23.7 Å². The van der Waals surface area contributed by atoms with Crippen molar-refractivity contribution in [3.05, 3.63) is 28.8 Å². The third kappa shape index (κ3) is 4.04. The highest BCUT2D eigenvalue weighted by atomic mass is 35.5. The van der Waals surface area contributed by atoms with Crippen LogP contribution in [0.25, 0.3) is 0 Å². The van der Waals surface area contributed by atoms with Gasteiger partial charge in [-0.3, -0.25) is 9.59 Å². The van der Waals surface area contributed by atoms with E-state index in [4.69, 9.17) is 16.3 Å². The van der Waals surface area contributed by atoms with E-state index < -0.39 is 0 Å². The number of esters is 1. The summed E-state index contributed by atoms with van der Waals surface area (Å²) in [5.41, 5.74) is 0.423. The number of ether oxygens (including phenoxy) is 2. The van der Waals surface area contributed by atoms with Gasteiger partial charge in [-0.25, -0.2) is 0 Å². The molecule has 5 heteroatoms. The van der Waals surface area contributed by atoms with Crippen LogP contribution in [0, 0.1) is 5.92 Å². The SMILES string of the molecule is COC(=O)C(C)CCOc1ccc(C=O)c(Cl)c1. The third-order valence-electron chi connectivity index (χ3n) is 2.52. The molecule has 1 unspecified atom stereocenters. The van der Waals surface area contributed by atoms with Crippen LogP contribution >= 0.6 is 11.6 Å². The van der Waals surface area contributed by atoms with Crippen LogP contribution in [0.5, 0.6) is 5.75 Å². The van der Waals surface area contributed by atoms with Gasteiger partial charge in [-0.2, -0.15) is 0 Å². The van der Waals surface area contributed by atoms with Gasteiger partial charge in [0.1, 0.15) is 5.75 Å². The Morgan fingerprint density at radius 3 is 2.78 bits per heavy atom. The van der Waals surface area contributed by atoms with Crippen molar-refractivity contribution in [2.24, 2.45) is 5.92 Å². The maximum atomic E-state index is 11.2. The molecule has 0 spiro atoms. The molecule has 0 bridgehead atoms. The molecule has 1 atom stereocenters. The van der Waals surface area contributed by atoms with Gasteiger partial charge in [0, 0.05) is 5.56 Å². The smallest absolute Gasteiger partial charge is 0.308 e. The van der Waals surface area contributed by atoms with Gasteiger partial charge >= 0.3 is 5.97 Å². The van der Waals surface area contributed by atoms with E-state index in [-0.39, 0.29) is 11.9 Å². The second kappa shape index (κ2) is 7.01. The molecule has 0 aliphatic heterocycles. The highest BCUT2D eigenvalue weighted by Crippen LogP contribution is 2.21. The van der Waals surface area contributed by atoms with E-state index in [1.165, 1.54) is 7.11 Å². The second-order valence-electron chi connectivity index (χ2n) is 3.86. The zero-order chi connectivity index (χ0) is 13.5. The molecule has 0 saturated heterocycles. The summed E-state index contributed by atoms with van der Waals surface area (Å²) in [5.74, 6) is 0.107. The third-order valence-corrected chi connectivity index (χ3v) is 2.85. The molecular formula is C13H15ClO4. The van der Waals surface area contributed by atoms with Crippen LogP contribution in [0.15, 0.2) is 18.2 Å². The minimum atomic E-state index is -0.257. The summed E-state index contributed by atoms with van der Waals surface area (Å²) in [6.07, 6.45) is 1.24. The lowest BCUT2D eigenvalue weighted by Gasteiger charge is -2.10. The molecule has 4 nitrogen and oxygen atoms in total. The number of hydrogen-bond donors (Lipinski definition) is 0. The first-order valence-corrected chi connectivity index (χ1v) is 5.91. The number of carbonyl (C=O) groups is 2. The molecule has 0 aliphatic rings. The van der Waals surface area contributed by atoms with Gasteiger partial charge in [0.2, 0.25) is 0 Å². The van der Waals surface area contributed by atoms with Crippen LogP contribution in [0.3, 0.4) is 0 Å². The zero-order valence-electron chi connectivity index (χ0n) is 10.3. The molecule has 1 aromatic carbocycles. The number of methoxy groups -OCH3 is 1. The Kier molecular flexibility index (Phi) is 5.65. The summed E-state index contributed by atoms with van der Waals surface area (Å²) in [6, 6.07) is 4.83. The quantitative estimate of drug-likeness (QED) is 0.589. The van der Waals surface area contributed by atoms with Gasteiger partial charge in [0.15, 0.2) is 6.29 Å². The molecule has 0 heterocycles.